The van der Waals surface area contributed by atoms with Crippen molar-refractivity contribution in [3.8, 4) is 0 Å². The normalized spacial score (nSPS) is 26.5. The van der Waals surface area contributed by atoms with Crippen molar-refractivity contribution >= 4 is 5.97 Å². The second-order valence-electron chi connectivity index (χ2n) is 8.20. The molecular weight excluding hydrogens is 356 g/mol. The Balaban J connectivity index is 2.41. The highest BCUT2D eigenvalue weighted by molar-refractivity contribution is 5.69. The van der Waals surface area contributed by atoms with E-state index in [4.69, 9.17) is 4.74 Å². The minimum absolute atomic E-state index is 0.0451. The van der Waals surface area contributed by atoms with E-state index in [1.54, 1.807) is 6.08 Å². The molecule has 0 aliphatic heterocycles. The molecule has 5 nitrogen and oxygen atoms in total. The van der Waals surface area contributed by atoms with Gasteiger partial charge in [0.2, 0.25) is 0 Å². The third-order valence-corrected chi connectivity index (χ3v) is 5.27. The van der Waals surface area contributed by atoms with Gasteiger partial charge in [-0.3, -0.25) is 4.79 Å². The Morgan fingerprint density at radius 1 is 1.14 bits per heavy atom. The third kappa shape index (κ3) is 9.85. The van der Waals surface area contributed by atoms with Gasteiger partial charge < -0.3 is 20.1 Å². The van der Waals surface area contributed by atoms with Crippen LogP contribution in [0.3, 0.4) is 0 Å². The first-order valence-corrected chi connectivity index (χ1v) is 10.9. The van der Waals surface area contributed by atoms with Crippen molar-refractivity contribution in [2.24, 2.45) is 11.8 Å². The van der Waals surface area contributed by atoms with E-state index in [-0.39, 0.29) is 23.9 Å². The van der Waals surface area contributed by atoms with E-state index in [1.807, 2.05) is 32.1 Å². The van der Waals surface area contributed by atoms with Crippen LogP contribution in [0.2, 0.25) is 0 Å². The van der Waals surface area contributed by atoms with Gasteiger partial charge in [0.15, 0.2) is 0 Å². The Hall–Kier alpha value is -1.17. The first-order valence-electron chi connectivity index (χ1n) is 10.9. The summed E-state index contributed by atoms with van der Waals surface area (Å²) in [7, 11) is 0. The molecular formula is C23H40O5. The van der Waals surface area contributed by atoms with Gasteiger partial charge in [0.25, 0.3) is 0 Å². The Morgan fingerprint density at radius 2 is 1.89 bits per heavy atom. The van der Waals surface area contributed by atoms with Crippen LogP contribution in [0.1, 0.15) is 78.6 Å². The first-order chi connectivity index (χ1) is 13.3. The second kappa shape index (κ2) is 13.9. The summed E-state index contributed by atoms with van der Waals surface area (Å²) in [5.74, 6) is -0.349. The molecule has 0 aromatic heterocycles. The summed E-state index contributed by atoms with van der Waals surface area (Å²) in [6.07, 6.45) is 13.0. The lowest BCUT2D eigenvalue weighted by Gasteiger charge is -2.19. The Labute approximate surface area is 170 Å². The monoisotopic (exact) mass is 396 g/mol. The number of hydrogen-bond donors (Lipinski definition) is 3. The average Bonchev–Trinajstić information content (AvgIpc) is 2.88. The van der Waals surface area contributed by atoms with E-state index in [1.165, 1.54) is 0 Å². The van der Waals surface area contributed by atoms with Crippen LogP contribution in [0.4, 0.5) is 0 Å². The predicted octanol–water partition coefficient (Wildman–Crippen LogP) is 3.91. The fraction of sp³-hybridized carbons (Fsp3) is 0.783. The summed E-state index contributed by atoms with van der Waals surface area (Å²) in [6, 6.07) is 0. The molecule has 0 aromatic rings. The molecule has 1 rings (SSSR count). The van der Waals surface area contributed by atoms with Crippen molar-refractivity contribution in [1.29, 1.82) is 0 Å². The van der Waals surface area contributed by atoms with E-state index in [0.717, 1.165) is 38.5 Å². The summed E-state index contributed by atoms with van der Waals surface area (Å²) < 4.78 is 5.10. The standard InChI is InChI=1S/C23H40O5/c1-4-5-8-11-18(24)14-15-20-19(21(25)16-22(20)26)12-9-6-7-10-13-23(27)28-17(2)3/h6,9,14-15,17-22,24-26H,4-5,7-8,10-13,16H2,1-3H3/b9-6-,15-14+/t18-,19+,20+,21-,22-/m0/s1. The van der Waals surface area contributed by atoms with Crippen LogP contribution in [0, 0.1) is 11.8 Å². The van der Waals surface area contributed by atoms with Gasteiger partial charge >= 0.3 is 5.97 Å². The molecule has 1 fully saturated rings. The van der Waals surface area contributed by atoms with Gasteiger partial charge in [0, 0.05) is 18.8 Å². The first kappa shape index (κ1) is 24.9. The van der Waals surface area contributed by atoms with Gasteiger partial charge in [-0.2, -0.15) is 0 Å². The maximum atomic E-state index is 11.5. The molecule has 162 valence electrons. The van der Waals surface area contributed by atoms with Gasteiger partial charge in [-0.05, 0) is 45.4 Å². The lowest BCUT2D eigenvalue weighted by atomic mass is 9.89. The lowest BCUT2D eigenvalue weighted by molar-refractivity contribution is -0.147. The minimum atomic E-state index is -0.571. The van der Waals surface area contributed by atoms with E-state index >= 15 is 0 Å². The fourth-order valence-electron chi connectivity index (χ4n) is 3.72. The van der Waals surface area contributed by atoms with Crippen LogP contribution in [0.5, 0.6) is 0 Å². The van der Waals surface area contributed by atoms with Crippen LogP contribution >= 0.6 is 0 Å². The van der Waals surface area contributed by atoms with E-state index in [9.17, 15) is 20.1 Å². The number of aliphatic hydroxyl groups is 3. The fourth-order valence-corrected chi connectivity index (χ4v) is 3.72. The lowest BCUT2D eigenvalue weighted by Crippen LogP contribution is -2.20. The summed E-state index contributed by atoms with van der Waals surface area (Å²) in [4.78, 5) is 11.5. The molecule has 0 saturated heterocycles. The zero-order chi connectivity index (χ0) is 20.9. The van der Waals surface area contributed by atoms with Crippen molar-refractivity contribution in [3.63, 3.8) is 0 Å². The molecule has 0 aromatic carbocycles. The highest BCUT2D eigenvalue weighted by atomic mass is 16.5. The molecule has 0 bridgehead atoms. The smallest absolute Gasteiger partial charge is 0.306 e. The topological polar surface area (TPSA) is 87.0 Å². The quantitative estimate of drug-likeness (QED) is 0.250. The molecule has 0 heterocycles. The van der Waals surface area contributed by atoms with Crippen LogP contribution in [0.25, 0.3) is 0 Å². The molecule has 1 saturated carbocycles. The average molecular weight is 397 g/mol. The number of aliphatic hydroxyl groups excluding tert-OH is 3. The Kier molecular flexibility index (Phi) is 12.4. The van der Waals surface area contributed by atoms with Crippen LogP contribution in [0.15, 0.2) is 24.3 Å². The van der Waals surface area contributed by atoms with Crippen molar-refractivity contribution in [3.05, 3.63) is 24.3 Å². The molecule has 5 heteroatoms. The summed E-state index contributed by atoms with van der Waals surface area (Å²) in [5, 5.41) is 30.6. The van der Waals surface area contributed by atoms with Gasteiger partial charge in [0.1, 0.15) is 0 Å². The molecule has 1 aliphatic rings. The number of allylic oxidation sites excluding steroid dienone is 2. The third-order valence-electron chi connectivity index (χ3n) is 5.27. The van der Waals surface area contributed by atoms with Gasteiger partial charge in [-0.1, -0.05) is 50.5 Å². The number of esters is 1. The maximum Gasteiger partial charge on any atom is 0.306 e. The van der Waals surface area contributed by atoms with Crippen molar-refractivity contribution in [1.82, 2.24) is 0 Å². The zero-order valence-electron chi connectivity index (χ0n) is 17.8. The molecule has 28 heavy (non-hydrogen) atoms. The van der Waals surface area contributed by atoms with Gasteiger partial charge in [-0.15, -0.1) is 0 Å². The van der Waals surface area contributed by atoms with E-state index in [0.29, 0.717) is 19.3 Å². The van der Waals surface area contributed by atoms with Gasteiger partial charge in [-0.25, -0.2) is 0 Å². The van der Waals surface area contributed by atoms with Crippen molar-refractivity contribution in [2.75, 3.05) is 0 Å². The summed E-state index contributed by atoms with van der Waals surface area (Å²) >= 11 is 0. The second-order valence-corrected chi connectivity index (χ2v) is 8.20. The number of ether oxygens (including phenoxy) is 1. The molecule has 5 atom stereocenters. The molecule has 0 unspecified atom stereocenters. The highest BCUT2D eigenvalue weighted by Gasteiger charge is 2.39. The van der Waals surface area contributed by atoms with Crippen LogP contribution in [-0.2, 0) is 9.53 Å². The largest absolute Gasteiger partial charge is 0.463 e. The SMILES string of the molecule is CCCCC[C@H](O)/C=C/[C@@H]1[C@@H](C/C=C\CCCC(=O)OC(C)C)[C@@H](O)C[C@@H]1O. The predicted molar refractivity (Wildman–Crippen MR) is 112 cm³/mol. The van der Waals surface area contributed by atoms with Crippen molar-refractivity contribution < 1.29 is 24.9 Å². The van der Waals surface area contributed by atoms with Crippen LogP contribution in [-0.4, -0.2) is 45.7 Å². The van der Waals surface area contributed by atoms with E-state index < -0.39 is 18.3 Å². The van der Waals surface area contributed by atoms with Crippen molar-refractivity contribution in [2.45, 2.75) is 103 Å². The maximum absolute atomic E-state index is 11.5. The summed E-state index contributed by atoms with van der Waals surface area (Å²) in [5.41, 5.74) is 0. The molecule has 0 radical (unpaired) electrons. The number of unbranched alkanes of at least 4 members (excludes halogenated alkanes) is 3. The molecule has 0 spiro atoms. The number of carbonyl (C=O) groups excluding carboxylic acids is 1. The van der Waals surface area contributed by atoms with Gasteiger partial charge in [0.05, 0.1) is 24.4 Å². The molecule has 3 N–H and O–H groups in total. The number of rotatable bonds is 13. The Bertz CT molecular complexity index is 485. The van der Waals surface area contributed by atoms with Crippen LogP contribution < -0.4 is 0 Å². The number of hydrogen-bond acceptors (Lipinski definition) is 5. The Morgan fingerprint density at radius 3 is 2.57 bits per heavy atom. The zero-order valence-corrected chi connectivity index (χ0v) is 17.8. The highest BCUT2D eigenvalue weighted by Crippen LogP contribution is 2.36. The molecule has 1 aliphatic carbocycles. The van der Waals surface area contributed by atoms with E-state index in [2.05, 4.69) is 6.92 Å². The minimum Gasteiger partial charge on any atom is -0.463 e. The molecule has 0 amide bonds. The number of carbonyl (C=O) groups is 1. The summed E-state index contributed by atoms with van der Waals surface area (Å²) in [6.45, 7) is 5.82.